The number of rotatable bonds is 0. The first-order chi connectivity index (χ1) is 4.77. The second-order valence-electron chi connectivity index (χ2n) is 3.47. The van der Waals surface area contributed by atoms with Gasteiger partial charge in [0.25, 0.3) is 0 Å². The van der Waals surface area contributed by atoms with Crippen LogP contribution in [0.5, 0.6) is 0 Å². The molecule has 0 aromatic heterocycles. The number of hydrogen-bond donors (Lipinski definition) is 0. The van der Waals surface area contributed by atoms with Crippen molar-refractivity contribution in [2.24, 2.45) is 5.92 Å². The lowest BCUT2D eigenvalue weighted by Crippen LogP contribution is -2.17. The van der Waals surface area contributed by atoms with Crippen molar-refractivity contribution >= 4 is 9.39 Å². The summed E-state index contributed by atoms with van der Waals surface area (Å²) in [5.41, 5.74) is 1.61. The largest absolute Gasteiger partial charge is 0.283 e. The lowest BCUT2D eigenvalue weighted by Gasteiger charge is -2.18. The predicted octanol–water partition coefficient (Wildman–Crippen LogP) is 1.82. The van der Waals surface area contributed by atoms with E-state index in [9.17, 15) is 0 Å². The van der Waals surface area contributed by atoms with Crippen LogP contribution < -0.4 is 0 Å². The van der Waals surface area contributed by atoms with Crippen molar-refractivity contribution in [3.63, 3.8) is 0 Å². The Bertz CT molecular complexity index is 174. The molecule has 0 radical (unpaired) electrons. The molecule has 56 valence electrons. The van der Waals surface area contributed by atoms with Gasteiger partial charge in [-0.2, -0.15) is 0 Å². The maximum Gasteiger partial charge on any atom is 0.0170 e. The van der Waals surface area contributed by atoms with Crippen molar-refractivity contribution in [1.29, 1.82) is 0 Å². The third-order valence-electron chi connectivity index (χ3n) is 2.81. The van der Waals surface area contributed by atoms with Crippen molar-refractivity contribution < 1.29 is 0 Å². The van der Waals surface area contributed by atoms with Crippen LogP contribution in [0.25, 0.3) is 0 Å². The molecule has 1 fully saturated rings. The van der Waals surface area contributed by atoms with Gasteiger partial charge in [0.2, 0.25) is 0 Å². The molecule has 1 aliphatic carbocycles. The van der Waals surface area contributed by atoms with Crippen LogP contribution in [-0.4, -0.2) is 17.3 Å². The second kappa shape index (κ2) is 2.32. The Hall–Kier alpha value is 0.130. The van der Waals surface area contributed by atoms with Crippen LogP contribution in [0.2, 0.25) is 0 Å². The van der Waals surface area contributed by atoms with E-state index in [0.717, 1.165) is 12.0 Å². The molecule has 3 atom stereocenters. The first kappa shape index (κ1) is 6.82. The molecular weight excluding hydrogens is 141 g/mol. The van der Waals surface area contributed by atoms with Crippen LogP contribution in [-0.2, 0) is 0 Å². The Balaban J connectivity index is 2.20. The van der Waals surface area contributed by atoms with Gasteiger partial charge in [0, 0.05) is 12.6 Å². The zero-order chi connectivity index (χ0) is 7.14. The molecule has 0 spiro atoms. The summed E-state index contributed by atoms with van der Waals surface area (Å²) < 4.78 is 2.41. The van der Waals surface area contributed by atoms with Gasteiger partial charge in [-0.05, 0) is 25.7 Å². The molecule has 1 heterocycles. The Labute approximate surface area is 64.7 Å². The standard InChI is InChI=1S/C8H14NP/c1-6-2-3-8-4-7(6)5-9(8)10/h2,7-8H,3-5,10H2,1H3. The molecule has 0 aromatic carbocycles. The highest BCUT2D eigenvalue weighted by Gasteiger charge is 2.32. The zero-order valence-electron chi connectivity index (χ0n) is 6.38. The zero-order valence-corrected chi connectivity index (χ0v) is 7.53. The Morgan fingerprint density at radius 1 is 1.70 bits per heavy atom. The van der Waals surface area contributed by atoms with Gasteiger partial charge in [-0.1, -0.05) is 21.0 Å². The van der Waals surface area contributed by atoms with E-state index in [1.54, 1.807) is 5.57 Å². The lowest BCUT2D eigenvalue weighted by molar-refractivity contribution is 0.439. The highest BCUT2D eigenvalue weighted by molar-refractivity contribution is 7.13. The minimum atomic E-state index is 0.832. The summed E-state index contributed by atoms with van der Waals surface area (Å²) in [7, 11) is 2.84. The van der Waals surface area contributed by atoms with E-state index in [2.05, 4.69) is 27.1 Å². The lowest BCUT2D eigenvalue weighted by atomic mass is 9.90. The normalized spacial score (nSPS) is 40.0. The van der Waals surface area contributed by atoms with Crippen LogP contribution >= 0.6 is 9.39 Å². The summed E-state index contributed by atoms with van der Waals surface area (Å²) in [5, 5.41) is 0. The molecule has 1 nitrogen and oxygen atoms in total. The molecule has 2 rings (SSSR count). The summed E-state index contributed by atoms with van der Waals surface area (Å²) >= 11 is 0. The number of nitrogens with zero attached hydrogens (tertiary/aromatic N) is 1. The molecule has 0 N–H and O–H groups in total. The van der Waals surface area contributed by atoms with Crippen molar-refractivity contribution in [1.82, 2.24) is 4.67 Å². The average Bonchev–Trinajstić information content (AvgIpc) is 2.21. The fraction of sp³-hybridized carbons (Fsp3) is 0.750. The molecule has 2 bridgehead atoms. The maximum atomic E-state index is 2.84. The van der Waals surface area contributed by atoms with Gasteiger partial charge < -0.3 is 0 Å². The topological polar surface area (TPSA) is 3.24 Å². The van der Waals surface area contributed by atoms with Gasteiger partial charge in [-0.15, -0.1) is 0 Å². The minimum Gasteiger partial charge on any atom is -0.283 e. The third-order valence-corrected chi connectivity index (χ3v) is 3.45. The van der Waals surface area contributed by atoms with Gasteiger partial charge in [-0.25, -0.2) is 0 Å². The Morgan fingerprint density at radius 3 is 3.20 bits per heavy atom. The first-order valence-electron chi connectivity index (χ1n) is 3.95. The van der Waals surface area contributed by atoms with E-state index in [-0.39, 0.29) is 0 Å². The first-order valence-corrected chi connectivity index (χ1v) is 4.47. The van der Waals surface area contributed by atoms with Gasteiger partial charge in [0.1, 0.15) is 0 Å². The molecule has 1 saturated heterocycles. The van der Waals surface area contributed by atoms with Crippen LogP contribution in [0.1, 0.15) is 19.8 Å². The summed E-state index contributed by atoms with van der Waals surface area (Å²) in [5.74, 6) is 0.872. The summed E-state index contributed by atoms with van der Waals surface area (Å²) in [6.45, 7) is 3.53. The van der Waals surface area contributed by atoms with Crippen molar-refractivity contribution in [2.45, 2.75) is 25.8 Å². The Kier molecular flexibility index (Phi) is 1.58. The predicted molar refractivity (Wildman–Crippen MR) is 46.7 cm³/mol. The fourth-order valence-electron chi connectivity index (χ4n) is 1.99. The van der Waals surface area contributed by atoms with Crippen molar-refractivity contribution in [2.75, 3.05) is 6.54 Å². The van der Waals surface area contributed by atoms with Crippen molar-refractivity contribution in [3.05, 3.63) is 11.6 Å². The fourth-order valence-corrected chi connectivity index (χ4v) is 2.49. The minimum absolute atomic E-state index is 0.832. The van der Waals surface area contributed by atoms with Gasteiger partial charge >= 0.3 is 0 Å². The van der Waals surface area contributed by atoms with E-state index in [1.807, 2.05) is 0 Å². The van der Waals surface area contributed by atoms with E-state index in [1.165, 1.54) is 19.4 Å². The molecular formula is C8H14NP. The van der Waals surface area contributed by atoms with E-state index in [4.69, 9.17) is 0 Å². The van der Waals surface area contributed by atoms with Crippen LogP contribution in [0, 0.1) is 5.92 Å². The molecule has 10 heavy (non-hydrogen) atoms. The SMILES string of the molecule is CC1=CCC2CC1CN2P. The summed E-state index contributed by atoms with van der Waals surface area (Å²) in [4.78, 5) is 0. The Morgan fingerprint density at radius 2 is 2.50 bits per heavy atom. The van der Waals surface area contributed by atoms with Crippen LogP contribution in [0.4, 0.5) is 0 Å². The second-order valence-corrected chi connectivity index (χ2v) is 4.13. The quantitative estimate of drug-likeness (QED) is 0.381. The van der Waals surface area contributed by atoms with E-state index < -0.39 is 0 Å². The molecule has 2 aliphatic rings. The molecule has 3 unspecified atom stereocenters. The average molecular weight is 155 g/mol. The van der Waals surface area contributed by atoms with Gasteiger partial charge in [0.15, 0.2) is 0 Å². The van der Waals surface area contributed by atoms with Crippen LogP contribution in [0.3, 0.4) is 0 Å². The third kappa shape index (κ3) is 0.926. The summed E-state index contributed by atoms with van der Waals surface area (Å²) in [6.07, 6.45) is 5.07. The number of hydrogen-bond acceptors (Lipinski definition) is 1. The van der Waals surface area contributed by atoms with Crippen LogP contribution in [0.15, 0.2) is 11.6 Å². The van der Waals surface area contributed by atoms with Gasteiger partial charge in [0.05, 0.1) is 0 Å². The molecule has 0 aromatic rings. The smallest absolute Gasteiger partial charge is 0.0170 e. The summed E-state index contributed by atoms with van der Waals surface area (Å²) in [6, 6.07) is 0.832. The molecule has 0 saturated carbocycles. The number of fused-ring (bicyclic) bond motifs is 2. The van der Waals surface area contributed by atoms with E-state index >= 15 is 0 Å². The highest BCUT2D eigenvalue weighted by atomic mass is 31.0. The molecule has 0 amide bonds. The van der Waals surface area contributed by atoms with Crippen molar-refractivity contribution in [3.8, 4) is 0 Å². The molecule has 2 heteroatoms. The van der Waals surface area contributed by atoms with Gasteiger partial charge in [-0.3, -0.25) is 4.67 Å². The van der Waals surface area contributed by atoms with E-state index in [0.29, 0.717) is 0 Å². The maximum absolute atomic E-state index is 2.84. The monoisotopic (exact) mass is 155 g/mol. The molecule has 1 aliphatic heterocycles. The highest BCUT2D eigenvalue weighted by Crippen LogP contribution is 2.36.